The van der Waals surface area contributed by atoms with Crippen LogP contribution in [0.2, 0.25) is 0 Å². The molecule has 1 aliphatic carbocycles. The molecule has 1 aromatic carbocycles. The number of benzene rings is 1. The van der Waals surface area contributed by atoms with Crippen molar-refractivity contribution < 1.29 is 8.98 Å². The molecule has 1 aliphatic rings. The topological polar surface area (TPSA) is 17.0 Å². The van der Waals surface area contributed by atoms with Crippen LogP contribution in [0.15, 0.2) is 28.7 Å². The molecule has 106 valence electrons. The molecular formula is C18H24NO+. The Morgan fingerprint density at radius 3 is 2.40 bits per heavy atom. The standard InChI is InChI=1S/C18H24NO/c1-13-9-7-8-12-17(13)19-14(2)15(3)20-18(19)16-10-5-4-6-11-16/h7-9,12,16H,4-6,10-11H2,1-3H3/q+1. The molecule has 0 radical (unpaired) electrons. The summed E-state index contributed by atoms with van der Waals surface area (Å²) in [4.78, 5) is 0. The minimum Gasteiger partial charge on any atom is -0.406 e. The van der Waals surface area contributed by atoms with E-state index in [4.69, 9.17) is 4.42 Å². The summed E-state index contributed by atoms with van der Waals surface area (Å²) >= 11 is 0. The average molecular weight is 270 g/mol. The maximum atomic E-state index is 6.16. The summed E-state index contributed by atoms with van der Waals surface area (Å²) < 4.78 is 8.51. The summed E-state index contributed by atoms with van der Waals surface area (Å²) in [6, 6.07) is 8.59. The Balaban J connectivity index is 2.12. The second kappa shape index (κ2) is 5.43. The summed E-state index contributed by atoms with van der Waals surface area (Å²) in [5, 5.41) is 0. The second-order valence-electron chi connectivity index (χ2n) is 6.04. The lowest BCUT2D eigenvalue weighted by molar-refractivity contribution is -0.617. The third kappa shape index (κ3) is 2.28. The van der Waals surface area contributed by atoms with Crippen LogP contribution >= 0.6 is 0 Å². The zero-order valence-electron chi connectivity index (χ0n) is 12.8. The van der Waals surface area contributed by atoms with Crippen molar-refractivity contribution in [2.45, 2.75) is 58.8 Å². The van der Waals surface area contributed by atoms with E-state index in [1.165, 1.54) is 49.0 Å². The van der Waals surface area contributed by atoms with E-state index in [2.05, 4.69) is 49.6 Å². The third-order valence-electron chi connectivity index (χ3n) is 4.63. The first-order valence-corrected chi connectivity index (χ1v) is 7.76. The molecule has 0 N–H and O–H groups in total. The van der Waals surface area contributed by atoms with Crippen LogP contribution in [0, 0.1) is 20.8 Å². The van der Waals surface area contributed by atoms with Gasteiger partial charge in [-0.1, -0.05) is 37.5 Å². The molecule has 0 saturated heterocycles. The molecule has 2 nitrogen and oxygen atoms in total. The van der Waals surface area contributed by atoms with E-state index in [0.717, 1.165) is 11.7 Å². The predicted molar refractivity (Wildman–Crippen MR) is 80.3 cm³/mol. The van der Waals surface area contributed by atoms with Gasteiger partial charge in [0.1, 0.15) is 0 Å². The van der Waals surface area contributed by atoms with E-state index in [1.54, 1.807) is 0 Å². The lowest BCUT2D eigenvalue weighted by Gasteiger charge is -2.16. The Morgan fingerprint density at radius 1 is 1.00 bits per heavy atom. The first-order valence-electron chi connectivity index (χ1n) is 7.76. The van der Waals surface area contributed by atoms with Crippen molar-refractivity contribution in [3.63, 3.8) is 0 Å². The van der Waals surface area contributed by atoms with E-state index >= 15 is 0 Å². The van der Waals surface area contributed by atoms with Gasteiger partial charge in [0.2, 0.25) is 11.4 Å². The molecule has 20 heavy (non-hydrogen) atoms. The molecule has 0 unspecified atom stereocenters. The molecule has 0 atom stereocenters. The maximum absolute atomic E-state index is 6.16. The smallest absolute Gasteiger partial charge is 0.356 e. The molecule has 1 fully saturated rings. The molecule has 0 spiro atoms. The first-order chi connectivity index (χ1) is 9.68. The van der Waals surface area contributed by atoms with Gasteiger partial charge in [-0.2, -0.15) is 0 Å². The Kier molecular flexibility index (Phi) is 3.64. The SMILES string of the molecule is Cc1ccccc1-[n+]1c(C2CCCCC2)oc(C)c1C. The highest BCUT2D eigenvalue weighted by molar-refractivity contribution is 5.33. The van der Waals surface area contributed by atoms with E-state index in [0.29, 0.717) is 5.92 Å². The molecule has 0 bridgehead atoms. The van der Waals surface area contributed by atoms with Crippen LogP contribution in [-0.4, -0.2) is 0 Å². The van der Waals surface area contributed by atoms with Crippen LogP contribution in [0.1, 0.15) is 60.9 Å². The maximum Gasteiger partial charge on any atom is 0.356 e. The lowest BCUT2D eigenvalue weighted by atomic mass is 9.89. The van der Waals surface area contributed by atoms with Crippen LogP contribution in [0.25, 0.3) is 5.69 Å². The molecule has 1 saturated carbocycles. The van der Waals surface area contributed by atoms with Crippen LogP contribution in [0.3, 0.4) is 0 Å². The van der Waals surface area contributed by atoms with E-state index in [-0.39, 0.29) is 0 Å². The van der Waals surface area contributed by atoms with E-state index in [9.17, 15) is 0 Å². The summed E-state index contributed by atoms with van der Waals surface area (Å²) in [7, 11) is 0. The van der Waals surface area contributed by atoms with E-state index < -0.39 is 0 Å². The fourth-order valence-electron chi connectivity index (χ4n) is 3.33. The quantitative estimate of drug-likeness (QED) is 0.733. The van der Waals surface area contributed by atoms with Gasteiger partial charge in [-0.15, -0.1) is 4.57 Å². The Labute approximate surface area is 121 Å². The molecule has 0 amide bonds. The fourth-order valence-corrected chi connectivity index (χ4v) is 3.33. The Morgan fingerprint density at radius 2 is 1.70 bits per heavy atom. The summed E-state index contributed by atoms with van der Waals surface area (Å²) in [5.74, 6) is 2.79. The van der Waals surface area contributed by atoms with Crippen molar-refractivity contribution in [3.05, 3.63) is 47.2 Å². The minimum absolute atomic E-state index is 0.579. The van der Waals surface area contributed by atoms with E-state index in [1.807, 2.05) is 0 Å². The monoisotopic (exact) mass is 270 g/mol. The van der Waals surface area contributed by atoms with Gasteiger partial charge >= 0.3 is 5.89 Å². The number of nitrogens with zero attached hydrogens (tertiary/aromatic N) is 1. The van der Waals surface area contributed by atoms with Gasteiger partial charge in [0.25, 0.3) is 0 Å². The zero-order valence-corrected chi connectivity index (χ0v) is 12.8. The number of para-hydroxylation sites is 1. The van der Waals surface area contributed by atoms with Gasteiger partial charge in [0.15, 0.2) is 5.76 Å². The number of hydrogen-bond acceptors (Lipinski definition) is 1. The van der Waals surface area contributed by atoms with Crippen molar-refractivity contribution in [1.29, 1.82) is 0 Å². The number of aryl methyl sites for hydroxylation is 2. The van der Waals surface area contributed by atoms with Gasteiger partial charge in [-0.05, 0) is 19.8 Å². The van der Waals surface area contributed by atoms with Crippen molar-refractivity contribution >= 4 is 0 Å². The highest BCUT2D eigenvalue weighted by atomic mass is 16.4. The van der Waals surface area contributed by atoms with Crippen molar-refractivity contribution in [3.8, 4) is 5.69 Å². The van der Waals surface area contributed by atoms with Crippen LogP contribution < -0.4 is 4.57 Å². The first kappa shape index (κ1) is 13.4. The second-order valence-corrected chi connectivity index (χ2v) is 6.04. The van der Waals surface area contributed by atoms with Crippen LogP contribution in [0.5, 0.6) is 0 Å². The third-order valence-corrected chi connectivity index (χ3v) is 4.63. The fraction of sp³-hybridized carbons (Fsp3) is 0.500. The molecule has 2 heteroatoms. The molecule has 2 aromatic rings. The number of rotatable bonds is 2. The minimum atomic E-state index is 0.579. The summed E-state index contributed by atoms with van der Waals surface area (Å²) in [6.45, 7) is 6.42. The van der Waals surface area contributed by atoms with Gasteiger partial charge < -0.3 is 4.42 Å². The molecular weight excluding hydrogens is 246 g/mol. The Hall–Kier alpha value is -1.57. The van der Waals surface area contributed by atoms with Gasteiger partial charge in [-0.3, -0.25) is 0 Å². The van der Waals surface area contributed by atoms with Crippen molar-refractivity contribution in [2.24, 2.45) is 0 Å². The van der Waals surface area contributed by atoms with Gasteiger partial charge in [0.05, 0.1) is 5.92 Å². The number of oxazole rings is 1. The predicted octanol–water partition coefficient (Wildman–Crippen LogP) is 4.53. The number of aromatic nitrogens is 1. The number of hydrogen-bond donors (Lipinski definition) is 0. The Bertz CT molecular complexity index is 606. The van der Waals surface area contributed by atoms with Crippen molar-refractivity contribution in [2.75, 3.05) is 0 Å². The highest BCUT2D eigenvalue weighted by Crippen LogP contribution is 2.33. The summed E-state index contributed by atoms with van der Waals surface area (Å²) in [5.41, 5.74) is 3.81. The lowest BCUT2D eigenvalue weighted by Crippen LogP contribution is -2.38. The average Bonchev–Trinajstić information content (AvgIpc) is 2.77. The molecule has 3 rings (SSSR count). The van der Waals surface area contributed by atoms with Crippen LogP contribution in [0.4, 0.5) is 0 Å². The molecule has 1 aromatic heterocycles. The largest absolute Gasteiger partial charge is 0.406 e. The zero-order chi connectivity index (χ0) is 14.1. The van der Waals surface area contributed by atoms with Crippen LogP contribution in [-0.2, 0) is 0 Å². The normalized spacial score (nSPS) is 16.6. The van der Waals surface area contributed by atoms with Gasteiger partial charge in [-0.25, -0.2) is 0 Å². The molecule has 0 aliphatic heterocycles. The highest BCUT2D eigenvalue weighted by Gasteiger charge is 2.33. The van der Waals surface area contributed by atoms with Gasteiger partial charge in [0, 0.05) is 25.5 Å². The molecule has 1 heterocycles. The summed E-state index contributed by atoms with van der Waals surface area (Å²) in [6.07, 6.45) is 6.56. The van der Waals surface area contributed by atoms with Crippen molar-refractivity contribution in [1.82, 2.24) is 0 Å².